The molecule has 116 valence electrons. The summed E-state index contributed by atoms with van der Waals surface area (Å²) in [4.78, 5) is 26.4. The average Bonchev–Trinajstić information content (AvgIpc) is 3.01. The molecule has 1 atom stereocenters. The summed E-state index contributed by atoms with van der Waals surface area (Å²) < 4.78 is 10.4. The fourth-order valence-electron chi connectivity index (χ4n) is 2.21. The molecule has 0 spiro atoms. The van der Waals surface area contributed by atoms with Crippen molar-refractivity contribution >= 4 is 23.3 Å². The maximum atomic E-state index is 11.4. The Morgan fingerprint density at radius 3 is 2.86 bits per heavy atom. The van der Waals surface area contributed by atoms with E-state index in [0.717, 1.165) is 10.7 Å². The molecule has 0 N–H and O–H groups in total. The first-order valence-corrected chi connectivity index (χ1v) is 7.74. The van der Waals surface area contributed by atoms with E-state index in [2.05, 4.69) is 19.7 Å². The standard InChI is InChI=1S/C14H16N4O3S/c1-9-8-22-12(17-9)11-7-18(3-4-21-11)14-15-5-10(6-16-14)13(19)20-2/h5-6,8,11H,3-4,7H2,1-2H3/t11-/m0/s1. The van der Waals surface area contributed by atoms with Crippen LogP contribution in [0.1, 0.15) is 27.2 Å². The SMILES string of the molecule is COC(=O)c1cnc(N2CCO[C@H](c3nc(C)cs3)C2)nc1. The van der Waals surface area contributed by atoms with Crippen molar-refractivity contribution in [2.75, 3.05) is 31.7 Å². The fraction of sp³-hybridized carbons (Fsp3) is 0.429. The van der Waals surface area contributed by atoms with E-state index in [9.17, 15) is 4.79 Å². The van der Waals surface area contributed by atoms with Gasteiger partial charge in [0.05, 0.1) is 25.8 Å². The highest BCUT2D eigenvalue weighted by atomic mass is 32.1. The number of hydrogen-bond acceptors (Lipinski definition) is 8. The number of ether oxygens (including phenoxy) is 2. The minimum Gasteiger partial charge on any atom is -0.465 e. The highest BCUT2D eigenvalue weighted by Crippen LogP contribution is 2.26. The Morgan fingerprint density at radius 2 is 2.23 bits per heavy atom. The van der Waals surface area contributed by atoms with Crippen molar-refractivity contribution in [2.24, 2.45) is 0 Å². The summed E-state index contributed by atoms with van der Waals surface area (Å²) >= 11 is 1.60. The van der Waals surface area contributed by atoms with Crippen molar-refractivity contribution in [1.29, 1.82) is 0 Å². The first-order chi connectivity index (χ1) is 10.7. The van der Waals surface area contributed by atoms with E-state index < -0.39 is 5.97 Å². The number of rotatable bonds is 3. The van der Waals surface area contributed by atoms with Crippen LogP contribution in [0, 0.1) is 6.92 Å². The van der Waals surface area contributed by atoms with Crippen molar-refractivity contribution in [2.45, 2.75) is 13.0 Å². The van der Waals surface area contributed by atoms with Crippen LogP contribution in [0.3, 0.4) is 0 Å². The van der Waals surface area contributed by atoms with Crippen LogP contribution in [0.5, 0.6) is 0 Å². The van der Waals surface area contributed by atoms with Gasteiger partial charge >= 0.3 is 5.97 Å². The first kappa shape index (κ1) is 14.9. The lowest BCUT2D eigenvalue weighted by atomic mass is 10.3. The van der Waals surface area contributed by atoms with Gasteiger partial charge in [-0.3, -0.25) is 0 Å². The summed E-state index contributed by atoms with van der Waals surface area (Å²) in [6, 6.07) is 0. The van der Waals surface area contributed by atoms with Gasteiger partial charge in [0.1, 0.15) is 11.1 Å². The average molecular weight is 320 g/mol. The molecule has 1 fully saturated rings. The number of nitrogens with zero attached hydrogens (tertiary/aromatic N) is 4. The van der Waals surface area contributed by atoms with Crippen molar-refractivity contribution in [3.63, 3.8) is 0 Å². The minimum atomic E-state index is -0.440. The Balaban J connectivity index is 1.73. The number of carbonyl (C=O) groups excluding carboxylic acids is 1. The second kappa shape index (κ2) is 6.37. The molecule has 0 saturated carbocycles. The zero-order valence-corrected chi connectivity index (χ0v) is 13.2. The van der Waals surface area contributed by atoms with Crippen LogP contribution in [0.2, 0.25) is 0 Å². The van der Waals surface area contributed by atoms with Crippen LogP contribution in [0.15, 0.2) is 17.8 Å². The van der Waals surface area contributed by atoms with E-state index in [-0.39, 0.29) is 6.10 Å². The molecule has 0 unspecified atom stereocenters. The minimum absolute atomic E-state index is 0.0728. The van der Waals surface area contributed by atoms with Crippen LogP contribution < -0.4 is 4.90 Å². The molecule has 22 heavy (non-hydrogen) atoms. The molecule has 7 nitrogen and oxygen atoms in total. The van der Waals surface area contributed by atoms with Crippen molar-refractivity contribution in [3.8, 4) is 0 Å². The number of anilines is 1. The van der Waals surface area contributed by atoms with Crippen molar-refractivity contribution < 1.29 is 14.3 Å². The third-order valence-electron chi connectivity index (χ3n) is 3.32. The molecule has 0 aromatic carbocycles. The van der Waals surface area contributed by atoms with Crippen molar-refractivity contribution in [3.05, 3.63) is 34.0 Å². The van der Waals surface area contributed by atoms with E-state index in [1.807, 2.05) is 17.2 Å². The smallest absolute Gasteiger partial charge is 0.341 e. The Morgan fingerprint density at radius 1 is 1.45 bits per heavy atom. The van der Waals surface area contributed by atoms with Gasteiger partial charge < -0.3 is 14.4 Å². The molecule has 0 amide bonds. The zero-order valence-electron chi connectivity index (χ0n) is 12.4. The molecular weight excluding hydrogens is 304 g/mol. The van der Waals surface area contributed by atoms with E-state index in [1.54, 1.807) is 11.3 Å². The van der Waals surface area contributed by atoms with E-state index in [1.165, 1.54) is 19.5 Å². The summed E-state index contributed by atoms with van der Waals surface area (Å²) in [5, 5.41) is 2.98. The first-order valence-electron chi connectivity index (χ1n) is 6.86. The lowest BCUT2D eigenvalue weighted by molar-refractivity contribution is 0.0390. The van der Waals surface area contributed by atoms with Crippen LogP contribution in [-0.4, -0.2) is 47.7 Å². The summed E-state index contributed by atoms with van der Waals surface area (Å²) in [6.07, 6.45) is 2.88. The molecule has 1 aliphatic rings. The van der Waals surface area contributed by atoms with E-state index in [0.29, 0.717) is 31.2 Å². The number of thiazole rings is 1. The number of morpholine rings is 1. The summed E-state index contributed by atoms with van der Waals surface area (Å²) in [7, 11) is 1.33. The van der Waals surface area contributed by atoms with Crippen LogP contribution in [0.25, 0.3) is 0 Å². The molecule has 1 saturated heterocycles. The number of methoxy groups -OCH3 is 1. The highest BCUT2D eigenvalue weighted by Gasteiger charge is 2.25. The predicted molar refractivity (Wildman–Crippen MR) is 81.1 cm³/mol. The van der Waals surface area contributed by atoms with Crippen LogP contribution in [0.4, 0.5) is 5.95 Å². The number of hydrogen-bond donors (Lipinski definition) is 0. The fourth-order valence-corrected chi connectivity index (χ4v) is 3.04. The topological polar surface area (TPSA) is 77.4 Å². The second-order valence-corrected chi connectivity index (χ2v) is 5.79. The Kier molecular flexibility index (Phi) is 4.30. The van der Waals surface area contributed by atoms with Gasteiger partial charge in [-0.15, -0.1) is 11.3 Å². The van der Waals surface area contributed by atoms with Gasteiger partial charge in [-0.05, 0) is 6.92 Å². The molecule has 0 radical (unpaired) electrons. The Hall–Kier alpha value is -2.06. The van der Waals surface area contributed by atoms with Crippen molar-refractivity contribution in [1.82, 2.24) is 15.0 Å². The van der Waals surface area contributed by atoms with E-state index in [4.69, 9.17) is 4.74 Å². The second-order valence-electron chi connectivity index (χ2n) is 4.90. The van der Waals surface area contributed by atoms with Gasteiger partial charge in [0.25, 0.3) is 0 Å². The van der Waals surface area contributed by atoms with Gasteiger partial charge in [-0.1, -0.05) is 0 Å². The number of aryl methyl sites for hydroxylation is 1. The lowest BCUT2D eigenvalue weighted by Gasteiger charge is -2.31. The molecule has 3 rings (SSSR count). The molecule has 0 aliphatic carbocycles. The van der Waals surface area contributed by atoms with Gasteiger partial charge in [0.2, 0.25) is 5.95 Å². The number of esters is 1. The molecule has 0 bridgehead atoms. The normalized spacial score (nSPS) is 18.3. The lowest BCUT2D eigenvalue weighted by Crippen LogP contribution is -2.39. The number of carbonyl (C=O) groups is 1. The Labute approximate surface area is 131 Å². The van der Waals surface area contributed by atoms with Crippen LogP contribution in [-0.2, 0) is 9.47 Å². The van der Waals surface area contributed by atoms with Crippen LogP contribution >= 0.6 is 11.3 Å². The molecule has 3 heterocycles. The molecule has 8 heteroatoms. The Bertz CT molecular complexity index is 658. The monoisotopic (exact) mass is 320 g/mol. The van der Waals surface area contributed by atoms with Gasteiger partial charge in [-0.2, -0.15) is 0 Å². The summed E-state index contributed by atoms with van der Waals surface area (Å²) in [5.41, 5.74) is 1.34. The highest BCUT2D eigenvalue weighted by molar-refractivity contribution is 7.09. The van der Waals surface area contributed by atoms with E-state index >= 15 is 0 Å². The zero-order chi connectivity index (χ0) is 15.5. The summed E-state index contributed by atoms with van der Waals surface area (Å²) in [6.45, 7) is 3.91. The van der Waals surface area contributed by atoms with Gasteiger partial charge in [0, 0.05) is 30.0 Å². The summed E-state index contributed by atoms with van der Waals surface area (Å²) in [5.74, 6) is 0.138. The number of aromatic nitrogens is 3. The predicted octanol–water partition coefficient (Wildman–Crippen LogP) is 1.61. The van der Waals surface area contributed by atoms with Gasteiger partial charge in [-0.25, -0.2) is 19.7 Å². The maximum Gasteiger partial charge on any atom is 0.341 e. The molecule has 2 aromatic heterocycles. The third kappa shape index (κ3) is 3.07. The molecule has 1 aliphatic heterocycles. The molecule has 2 aromatic rings. The quantitative estimate of drug-likeness (QED) is 0.795. The molecular formula is C14H16N4O3S. The third-order valence-corrected chi connectivity index (χ3v) is 4.38. The van der Waals surface area contributed by atoms with Gasteiger partial charge in [0.15, 0.2) is 0 Å². The maximum absolute atomic E-state index is 11.4. The largest absolute Gasteiger partial charge is 0.465 e.